The Morgan fingerprint density at radius 2 is 2.12 bits per heavy atom. The van der Waals surface area contributed by atoms with Crippen molar-refractivity contribution in [1.29, 1.82) is 0 Å². The van der Waals surface area contributed by atoms with E-state index in [4.69, 9.17) is 9.57 Å². The molecule has 0 saturated carbocycles. The third-order valence-electron chi connectivity index (χ3n) is 5.74. The first-order valence-electron chi connectivity index (χ1n) is 10.2. The smallest absolute Gasteiger partial charge is 0.232 e. The molecule has 25 heavy (non-hydrogen) atoms. The average Bonchev–Trinajstić information content (AvgIpc) is 2.76. The van der Waals surface area contributed by atoms with Gasteiger partial charge in [0.25, 0.3) is 0 Å². The van der Waals surface area contributed by atoms with Crippen molar-refractivity contribution in [2.75, 3.05) is 0 Å². The molecule has 0 N–H and O–H groups in total. The molecule has 142 valence electrons. The van der Waals surface area contributed by atoms with Gasteiger partial charge in [0.2, 0.25) is 5.90 Å². The molecule has 0 aromatic heterocycles. The van der Waals surface area contributed by atoms with E-state index >= 15 is 0 Å². The van der Waals surface area contributed by atoms with Crippen molar-refractivity contribution in [3.05, 3.63) is 23.8 Å². The molecule has 0 spiro atoms. The summed E-state index contributed by atoms with van der Waals surface area (Å²) < 4.78 is 6.37. The van der Waals surface area contributed by atoms with Crippen molar-refractivity contribution in [3.63, 3.8) is 0 Å². The quantitative estimate of drug-likeness (QED) is 0.368. The minimum Gasteiger partial charge on any atom is -0.471 e. The largest absolute Gasteiger partial charge is 0.471 e. The fourth-order valence-corrected chi connectivity index (χ4v) is 3.66. The van der Waals surface area contributed by atoms with Crippen LogP contribution in [0.1, 0.15) is 91.9 Å². The molecule has 3 unspecified atom stereocenters. The van der Waals surface area contributed by atoms with E-state index in [1.807, 2.05) is 0 Å². The van der Waals surface area contributed by atoms with Crippen molar-refractivity contribution in [1.82, 2.24) is 0 Å². The van der Waals surface area contributed by atoms with Crippen molar-refractivity contribution in [2.24, 2.45) is 10.6 Å². The van der Waals surface area contributed by atoms with Crippen LogP contribution < -0.4 is 0 Å². The molecule has 3 heteroatoms. The van der Waals surface area contributed by atoms with Crippen molar-refractivity contribution in [3.8, 4) is 0 Å². The van der Waals surface area contributed by atoms with E-state index in [9.17, 15) is 0 Å². The molecular formula is C22H37NO2. The van der Waals surface area contributed by atoms with Crippen LogP contribution in [0.2, 0.25) is 0 Å². The molecule has 0 radical (unpaired) electrons. The molecule has 1 heterocycles. The maximum Gasteiger partial charge on any atom is 0.232 e. The summed E-state index contributed by atoms with van der Waals surface area (Å²) in [5, 5.41) is 4.36. The predicted octanol–water partition coefficient (Wildman–Crippen LogP) is 6.55. The normalized spacial score (nSPS) is 29.8. The molecule has 0 bridgehead atoms. The number of hydrogen-bond donors (Lipinski definition) is 0. The number of nitrogens with zero attached hydrogens (tertiary/aromatic N) is 1. The third-order valence-corrected chi connectivity index (χ3v) is 5.74. The van der Waals surface area contributed by atoms with Crippen LogP contribution in [0, 0.1) is 5.41 Å². The Hall–Kier alpha value is -1.25. The highest BCUT2D eigenvalue weighted by Gasteiger charge is 2.39. The lowest BCUT2D eigenvalue weighted by Gasteiger charge is -2.36. The van der Waals surface area contributed by atoms with E-state index < -0.39 is 0 Å². The van der Waals surface area contributed by atoms with E-state index in [2.05, 4.69) is 45.5 Å². The zero-order chi connectivity index (χ0) is 18.3. The number of ether oxygens (including phenoxy) is 1. The zero-order valence-corrected chi connectivity index (χ0v) is 16.8. The van der Waals surface area contributed by atoms with Gasteiger partial charge in [0.05, 0.1) is 0 Å². The van der Waals surface area contributed by atoms with Crippen LogP contribution in [-0.2, 0) is 9.57 Å². The standard InChI is InChI=1S/C22H37NO2/c1-6-7-8-9-11-18(3)16-20-19(4)25-23-21(24-20)22(5)14-10-12-17(2)13-15-22/h12,19-20H,3,6-11,13-16H2,1-2,4-5H3. The summed E-state index contributed by atoms with van der Waals surface area (Å²) >= 11 is 0. The molecule has 0 aromatic rings. The second-order valence-corrected chi connectivity index (χ2v) is 8.28. The minimum absolute atomic E-state index is 0.00891. The maximum absolute atomic E-state index is 6.37. The molecule has 0 saturated heterocycles. The highest BCUT2D eigenvalue weighted by Crippen LogP contribution is 2.38. The summed E-state index contributed by atoms with van der Waals surface area (Å²) in [7, 11) is 0. The monoisotopic (exact) mass is 347 g/mol. The van der Waals surface area contributed by atoms with Crippen LogP contribution >= 0.6 is 0 Å². The van der Waals surface area contributed by atoms with E-state index in [1.54, 1.807) is 0 Å². The summed E-state index contributed by atoms with van der Waals surface area (Å²) in [5.74, 6) is 0.803. The Labute approximate surface area is 154 Å². The number of hydrogen-bond acceptors (Lipinski definition) is 3. The first-order chi connectivity index (χ1) is 11.9. The van der Waals surface area contributed by atoms with Gasteiger partial charge in [-0.1, -0.05) is 62.1 Å². The van der Waals surface area contributed by atoms with Gasteiger partial charge in [-0.2, -0.15) is 0 Å². The maximum atomic E-state index is 6.37. The second kappa shape index (κ2) is 9.45. The summed E-state index contributed by atoms with van der Waals surface area (Å²) in [5.41, 5.74) is 2.74. The van der Waals surface area contributed by atoms with Gasteiger partial charge in [-0.15, -0.1) is 0 Å². The van der Waals surface area contributed by atoms with Gasteiger partial charge in [0.1, 0.15) is 6.10 Å². The van der Waals surface area contributed by atoms with Crippen LogP contribution in [0.3, 0.4) is 0 Å². The number of rotatable bonds is 8. The Kier molecular flexibility index (Phi) is 7.58. The Morgan fingerprint density at radius 3 is 2.88 bits per heavy atom. The summed E-state index contributed by atoms with van der Waals surface area (Å²) in [4.78, 5) is 5.74. The third kappa shape index (κ3) is 5.90. The first-order valence-corrected chi connectivity index (χ1v) is 10.2. The fourth-order valence-electron chi connectivity index (χ4n) is 3.66. The Bertz CT molecular complexity index is 508. The SMILES string of the molecule is C=C(CCCCCC)CC1OC(C2(C)CCC=C(C)CC2)=NOC1C. The van der Waals surface area contributed by atoms with E-state index in [0.29, 0.717) is 0 Å². The molecule has 1 aliphatic carbocycles. The van der Waals surface area contributed by atoms with Crippen molar-refractivity contribution in [2.45, 2.75) is 104 Å². The molecule has 2 rings (SSSR count). The first kappa shape index (κ1) is 20.1. The number of oxime groups is 1. The van der Waals surface area contributed by atoms with Gasteiger partial charge in [0, 0.05) is 11.8 Å². The molecule has 0 amide bonds. The molecule has 0 aromatic carbocycles. The van der Waals surface area contributed by atoms with Crippen molar-refractivity contribution < 1.29 is 9.57 Å². The van der Waals surface area contributed by atoms with Crippen LogP contribution in [0.4, 0.5) is 0 Å². The van der Waals surface area contributed by atoms with Crippen LogP contribution in [-0.4, -0.2) is 18.1 Å². The van der Waals surface area contributed by atoms with Crippen LogP contribution in [0.15, 0.2) is 29.0 Å². The lowest BCUT2D eigenvalue weighted by molar-refractivity contribution is -0.0602. The van der Waals surface area contributed by atoms with Gasteiger partial charge in [-0.05, 0) is 52.4 Å². The summed E-state index contributed by atoms with van der Waals surface area (Å²) in [6.07, 6.45) is 13.8. The van der Waals surface area contributed by atoms with Gasteiger partial charge < -0.3 is 9.57 Å². The van der Waals surface area contributed by atoms with E-state index in [-0.39, 0.29) is 17.6 Å². The average molecular weight is 348 g/mol. The van der Waals surface area contributed by atoms with E-state index in [0.717, 1.165) is 44.4 Å². The highest BCUT2D eigenvalue weighted by molar-refractivity contribution is 5.82. The summed E-state index contributed by atoms with van der Waals surface area (Å²) in [6, 6.07) is 0. The van der Waals surface area contributed by atoms with Gasteiger partial charge in [0.15, 0.2) is 6.10 Å². The lowest BCUT2D eigenvalue weighted by atomic mass is 9.81. The molecule has 1 aliphatic heterocycles. The lowest BCUT2D eigenvalue weighted by Crippen LogP contribution is -2.41. The minimum atomic E-state index is -0.0187. The fraction of sp³-hybridized carbons (Fsp3) is 0.773. The van der Waals surface area contributed by atoms with Gasteiger partial charge in [-0.25, -0.2) is 0 Å². The highest BCUT2D eigenvalue weighted by atomic mass is 16.7. The Balaban J connectivity index is 1.90. The number of allylic oxidation sites excluding steroid dienone is 2. The molecule has 0 fully saturated rings. The molecular weight excluding hydrogens is 310 g/mol. The Morgan fingerprint density at radius 1 is 1.32 bits per heavy atom. The zero-order valence-electron chi connectivity index (χ0n) is 16.8. The molecule has 3 nitrogen and oxygen atoms in total. The predicted molar refractivity (Wildman–Crippen MR) is 106 cm³/mol. The molecule has 2 aliphatic rings. The second-order valence-electron chi connectivity index (χ2n) is 8.28. The number of unbranched alkanes of at least 4 members (excludes halogenated alkanes) is 3. The summed E-state index contributed by atoms with van der Waals surface area (Å²) in [6.45, 7) is 13.1. The molecule has 3 atom stereocenters. The topological polar surface area (TPSA) is 30.8 Å². The van der Waals surface area contributed by atoms with Crippen LogP contribution in [0.25, 0.3) is 0 Å². The van der Waals surface area contributed by atoms with Gasteiger partial charge >= 0.3 is 0 Å². The van der Waals surface area contributed by atoms with Crippen molar-refractivity contribution >= 4 is 5.90 Å². The van der Waals surface area contributed by atoms with E-state index in [1.165, 1.54) is 36.8 Å². The van der Waals surface area contributed by atoms with Gasteiger partial charge in [-0.3, -0.25) is 0 Å². The van der Waals surface area contributed by atoms with Crippen LogP contribution in [0.5, 0.6) is 0 Å².